The summed E-state index contributed by atoms with van der Waals surface area (Å²) in [6.07, 6.45) is -9.82. The highest BCUT2D eigenvalue weighted by Gasteiger charge is 2.37. The molecule has 1 aromatic rings. The average Bonchev–Trinajstić information content (AvgIpc) is 2.42. The van der Waals surface area contributed by atoms with Gasteiger partial charge in [-0.25, -0.2) is 0 Å². The van der Waals surface area contributed by atoms with E-state index < -0.39 is 23.5 Å². The Hall–Kier alpha value is -1.55. The molecular formula is C17H23F6N3S. The number of halogens is 6. The molecule has 154 valence electrons. The monoisotopic (exact) mass is 415 g/mol. The van der Waals surface area contributed by atoms with E-state index >= 15 is 0 Å². The Morgan fingerprint density at radius 1 is 0.963 bits per heavy atom. The SMILES string of the molecule is CN(C)CC(NC(=S)Nc1cc(C(F)(F)F)cc(C(F)(F)F)c1)C(C)(C)C. The molecule has 1 rings (SSSR count). The lowest BCUT2D eigenvalue weighted by Crippen LogP contribution is -2.50. The number of alkyl halides is 6. The Balaban J connectivity index is 3.10. The molecule has 0 saturated heterocycles. The largest absolute Gasteiger partial charge is 0.416 e. The van der Waals surface area contributed by atoms with Gasteiger partial charge in [-0.15, -0.1) is 0 Å². The van der Waals surface area contributed by atoms with Gasteiger partial charge < -0.3 is 15.5 Å². The predicted octanol–water partition coefficient (Wildman–Crippen LogP) is 4.99. The first-order chi connectivity index (χ1) is 12.0. The Morgan fingerprint density at radius 2 is 1.41 bits per heavy atom. The van der Waals surface area contributed by atoms with Gasteiger partial charge in [-0.3, -0.25) is 0 Å². The van der Waals surface area contributed by atoms with Crippen molar-refractivity contribution in [1.29, 1.82) is 0 Å². The Morgan fingerprint density at radius 3 is 1.74 bits per heavy atom. The summed E-state index contributed by atoms with van der Waals surface area (Å²) in [4.78, 5) is 1.90. The van der Waals surface area contributed by atoms with Crippen LogP contribution in [0, 0.1) is 5.41 Å². The molecular weight excluding hydrogens is 392 g/mol. The number of nitrogens with one attached hydrogen (secondary N) is 2. The van der Waals surface area contributed by atoms with Gasteiger partial charge in [0.25, 0.3) is 0 Å². The normalized spacial score (nSPS) is 14.2. The molecule has 1 atom stereocenters. The molecule has 0 radical (unpaired) electrons. The van der Waals surface area contributed by atoms with Gasteiger partial charge in [-0.2, -0.15) is 26.3 Å². The number of rotatable bonds is 4. The first-order valence-corrected chi connectivity index (χ1v) is 8.42. The van der Waals surface area contributed by atoms with Crippen molar-refractivity contribution in [2.75, 3.05) is 26.0 Å². The van der Waals surface area contributed by atoms with E-state index in [1.165, 1.54) is 0 Å². The van der Waals surface area contributed by atoms with Gasteiger partial charge in [-0.05, 0) is 49.9 Å². The minimum Gasteiger partial charge on any atom is -0.358 e. The number of anilines is 1. The summed E-state index contributed by atoms with van der Waals surface area (Å²) >= 11 is 5.10. The zero-order valence-electron chi connectivity index (χ0n) is 15.6. The van der Waals surface area contributed by atoms with E-state index in [9.17, 15) is 26.3 Å². The molecule has 0 aliphatic carbocycles. The molecule has 0 aliphatic rings. The Labute approximate surface area is 160 Å². The second-order valence-electron chi connectivity index (χ2n) is 7.57. The third-order valence-electron chi connectivity index (χ3n) is 3.74. The van der Waals surface area contributed by atoms with E-state index in [1.807, 2.05) is 39.8 Å². The van der Waals surface area contributed by atoms with Crippen molar-refractivity contribution in [3.8, 4) is 0 Å². The highest BCUT2D eigenvalue weighted by molar-refractivity contribution is 7.80. The molecule has 0 aliphatic heterocycles. The molecule has 10 heteroatoms. The summed E-state index contributed by atoms with van der Waals surface area (Å²) in [7, 11) is 3.69. The van der Waals surface area contributed by atoms with Crippen LogP contribution < -0.4 is 10.6 Å². The van der Waals surface area contributed by atoms with Crippen molar-refractivity contribution in [3.05, 3.63) is 29.3 Å². The third kappa shape index (κ3) is 7.53. The highest BCUT2D eigenvalue weighted by Crippen LogP contribution is 2.37. The molecule has 0 aromatic heterocycles. The number of nitrogens with zero attached hydrogens (tertiary/aromatic N) is 1. The maximum absolute atomic E-state index is 12.9. The summed E-state index contributed by atoms with van der Waals surface area (Å²) in [5.41, 5.74) is -3.43. The minimum absolute atomic E-state index is 0.0516. The van der Waals surface area contributed by atoms with E-state index in [0.717, 1.165) is 0 Å². The number of hydrogen-bond acceptors (Lipinski definition) is 2. The van der Waals surface area contributed by atoms with E-state index in [4.69, 9.17) is 12.2 Å². The van der Waals surface area contributed by atoms with Gasteiger partial charge in [0, 0.05) is 18.3 Å². The fraction of sp³-hybridized carbons (Fsp3) is 0.588. The first-order valence-electron chi connectivity index (χ1n) is 8.02. The van der Waals surface area contributed by atoms with E-state index in [-0.39, 0.29) is 28.3 Å². The Kier molecular flexibility index (Phi) is 7.15. The lowest BCUT2D eigenvalue weighted by molar-refractivity contribution is -0.143. The quantitative estimate of drug-likeness (QED) is 0.535. The van der Waals surface area contributed by atoms with Gasteiger partial charge in [-0.1, -0.05) is 20.8 Å². The summed E-state index contributed by atoms with van der Waals surface area (Å²) in [5.74, 6) is 0. The van der Waals surface area contributed by atoms with Gasteiger partial charge in [0.05, 0.1) is 11.1 Å². The van der Waals surface area contributed by atoms with E-state index in [0.29, 0.717) is 18.7 Å². The third-order valence-corrected chi connectivity index (χ3v) is 3.96. The molecule has 0 saturated carbocycles. The molecule has 1 unspecified atom stereocenters. The van der Waals surface area contributed by atoms with Crippen LogP contribution in [0.1, 0.15) is 31.9 Å². The summed E-state index contributed by atoms with van der Waals surface area (Å²) in [5, 5.41) is 5.36. The van der Waals surface area contributed by atoms with Crippen LogP contribution in [0.4, 0.5) is 32.0 Å². The predicted molar refractivity (Wildman–Crippen MR) is 97.6 cm³/mol. The molecule has 0 amide bonds. The van der Waals surface area contributed by atoms with Crippen LogP contribution in [0.15, 0.2) is 18.2 Å². The summed E-state index contributed by atoms with van der Waals surface area (Å²) in [6.45, 7) is 6.41. The molecule has 2 N–H and O–H groups in total. The minimum atomic E-state index is -4.91. The Bertz CT molecular complexity index is 630. The maximum atomic E-state index is 12.9. The van der Waals surface area contributed by atoms with E-state index in [2.05, 4.69) is 10.6 Å². The summed E-state index contributed by atoms with van der Waals surface area (Å²) in [6, 6.07) is 1.09. The number of thiocarbonyl (C=S) groups is 1. The molecule has 3 nitrogen and oxygen atoms in total. The molecule has 27 heavy (non-hydrogen) atoms. The molecule has 0 heterocycles. The number of hydrogen-bond donors (Lipinski definition) is 2. The fourth-order valence-corrected chi connectivity index (χ4v) is 2.51. The van der Waals surface area contributed by atoms with Crippen molar-refractivity contribution in [1.82, 2.24) is 10.2 Å². The number of benzene rings is 1. The van der Waals surface area contributed by atoms with Crippen LogP contribution >= 0.6 is 12.2 Å². The topological polar surface area (TPSA) is 27.3 Å². The smallest absolute Gasteiger partial charge is 0.358 e. The van der Waals surface area contributed by atoms with E-state index in [1.54, 1.807) is 0 Å². The van der Waals surface area contributed by atoms with Crippen LogP contribution in [0.3, 0.4) is 0 Å². The van der Waals surface area contributed by atoms with Crippen molar-refractivity contribution < 1.29 is 26.3 Å². The fourth-order valence-electron chi connectivity index (χ4n) is 2.25. The lowest BCUT2D eigenvalue weighted by Gasteiger charge is -2.34. The van der Waals surface area contributed by atoms with Crippen LogP contribution in [-0.4, -0.2) is 36.7 Å². The van der Waals surface area contributed by atoms with Crippen molar-refractivity contribution in [2.24, 2.45) is 5.41 Å². The molecule has 1 aromatic carbocycles. The van der Waals surface area contributed by atoms with Crippen LogP contribution in [0.25, 0.3) is 0 Å². The van der Waals surface area contributed by atoms with Crippen LogP contribution in [-0.2, 0) is 12.4 Å². The van der Waals surface area contributed by atoms with Gasteiger partial charge in [0.15, 0.2) is 5.11 Å². The molecule has 0 bridgehead atoms. The maximum Gasteiger partial charge on any atom is 0.416 e. The van der Waals surface area contributed by atoms with Crippen molar-refractivity contribution in [2.45, 2.75) is 39.2 Å². The van der Waals surface area contributed by atoms with Gasteiger partial charge >= 0.3 is 12.4 Å². The summed E-state index contributed by atoms with van der Waals surface area (Å²) < 4.78 is 77.6. The standard InChI is InChI=1S/C17H23F6N3S/c1-15(2,3)13(9-26(4)5)25-14(27)24-12-7-10(16(18,19)20)6-11(8-12)17(21,22)23/h6-8,13H,9H2,1-5H3,(H2,24,25,27). The van der Waals surface area contributed by atoms with Gasteiger partial charge in [0.2, 0.25) is 0 Å². The molecule has 0 spiro atoms. The highest BCUT2D eigenvalue weighted by atomic mass is 32.1. The average molecular weight is 415 g/mol. The second kappa shape index (κ2) is 8.22. The van der Waals surface area contributed by atoms with Crippen LogP contribution in [0.5, 0.6) is 0 Å². The van der Waals surface area contributed by atoms with Gasteiger partial charge in [0.1, 0.15) is 0 Å². The zero-order valence-corrected chi connectivity index (χ0v) is 16.5. The first kappa shape index (κ1) is 23.5. The number of likely N-dealkylation sites (N-methyl/N-ethyl adjacent to an activating group) is 1. The van der Waals surface area contributed by atoms with Crippen molar-refractivity contribution in [3.63, 3.8) is 0 Å². The van der Waals surface area contributed by atoms with Crippen LogP contribution in [0.2, 0.25) is 0 Å². The second-order valence-corrected chi connectivity index (χ2v) is 7.98. The van der Waals surface area contributed by atoms with Crippen molar-refractivity contribution >= 4 is 23.0 Å². The lowest BCUT2D eigenvalue weighted by atomic mass is 9.86. The zero-order chi connectivity index (χ0) is 21.2. The molecule has 0 fully saturated rings.